The van der Waals surface area contributed by atoms with Crippen LogP contribution in [0.5, 0.6) is 0 Å². The summed E-state index contributed by atoms with van der Waals surface area (Å²) in [6.07, 6.45) is 2.31. The van der Waals surface area contributed by atoms with Crippen LogP contribution in [0.25, 0.3) is 0 Å². The third-order valence-electron chi connectivity index (χ3n) is 2.76. The van der Waals surface area contributed by atoms with Crippen molar-refractivity contribution in [2.75, 3.05) is 6.61 Å². The Balaban J connectivity index is 2.56. The molecule has 3 heteroatoms. The first-order chi connectivity index (χ1) is 6.00. The molecule has 0 saturated heterocycles. The van der Waals surface area contributed by atoms with Crippen molar-refractivity contribution in [2.24, 2.45) is 17.1 Å². The molecule has 1 fully saturated rings. The Kier molecular flexibility index (Phi) is 2.96. The molecule has 13 heavy (non-hydrogen) atoms. The number of esters is 1. The zero-order valence-electron chi connectivity index (χ0n) is 8.67. The molecule has 0 aromatic rings. The highest BCUT2D eigenvalue weighted by Crippen LogP contribution is 2.39. The second-order valence-corrected chi connectivity index (χ2v) is 4.31. The highest BCUT2D eigenvalue weighted by molar-refractivity contribution is 5.77. The highest BCUT2D eigenvalue weighted by Gasteiger charge is 2.44. The van der Waals surface area contributed by atoms with Gasteiger partial charge in [-0.15, -0.1) is 0 Å². The lowest BCUT2D eigenvalue weighted by atomic mass is 9.82. The van der Waals surface area contributed by atoms with E-state index < -0.39 is 5.41 Å². The Morgan fingerprint density at radius 3 is 2.54 bits per heavy atom. The van der Waals surface area contributed by atoms with Gasteiger partial charge in [0.05, 0.1) is 12.0 Å². The molecular weight excluding hydrogens is 166 g/mol. The minimum atomic E-state index is -0.531. The van der Waals surface area contributed by atoms with Gasteiger partial charge in [-0.1, -0.05) is 0 Å². The van der Waals surface area contributed by atoms with Crippen molar-refractivity contribution in [3.63, 3.8) is 0 Å². The first-order valence-electron chi connectivity index (χ1n) is 4.93. The number of carbonyl (C=O) groups is 1. The second kappa shape index (κ2) is 3.66. The van der Waals surface area contributed by atoms with Crippen molar-refractivity contribution < 1.29 is 9.53 Å². The van der Waals surface area contributed by atoms with Crippen molar-refractivity contribution >= 4 is 5.97 Å². The van der Waals surface area contributed by atoms with Gasteiger partial charge in [0, 0.05) is 6.04 Å². The van der Waals surface area contributed by atoms with Crippen molar-refractivity contribution in [2.45, 2.75) is 39.7 Å². The minimum absolute atomic E-state index is 0.0495. The lowest BCUT2D eigenvalue weighted by molar-refractivity contribution is -0.154. The SMILES string of the molecule is CCOC(=O)C(C)(C)[C@H](N)C1CC1. The normalized spacial score (nSPS) is 19.7. The Morgan fingerprint density at radius 2 is 2.15 bits per heavy atom. The molecule has 1 aliphatic carbocycles. The zero-order chi connectivity index (χ0) is 10.1. The second-order valence-electron chi connectivity index (χ2n) is 4.31. The Labute approximate surface area is 79.6 Å². The number of rotatable bonds is 4. The smallest absolute Gasteiger partial charge is 0.313 e. The van der Waals surface area contributed by atoms with Gasteiger partial charge >= 0.3 is 5.97 Å². The van der Waals surface area contributed by atoms with Crippen LogP contribution in [0.1, 0.15) is 33.6 Å². The summed E-state index contributed by atoms with van der Waals surface area (Å²) in [6, 6.07) is -0.0495. The lowest BCUT2D eigenvalue weighted by Gasteiger charge is -2.29. The van der Waals surface area contributed by atoms with E-state index in [0.29, 0.717) is 12.5 Å². The summed E-state index contributed by atoms with van der Waals surface area (Å²) in [6.45, 7) is 5.98. The fraction of sp³-hybridized carbons (Fsp3) is 0.900. The molecule has 0 spiro atoms. The van der Waals surface area contributed by atoms with E-state index in [2.05, 4.69) is 0 Å². The molecule has 1 atom stereocenters. The van der Waals surface area contributed by atoms with Crippen LogP contribution in [0.15, 0.2) is 0 Å². The first-order valence-corrected chi connectivity index (χ1v) is 4.93. The molecule has 0 aromatic carbocycles. The van der Waals surface area contributed by atoms with Crippen LogP contribution in [0, 0.1) is 11.3 Å². The number of nitrogens with two attached hydrogens (primary N) is 1. The van der Waals surface area contributed by atoms with Gasteiger partial charge in [-0.25, -0.2) is 0 Å². The van der Waals surface area contributed by atoms with Crippen LogP contribution in [-0.2, 0) is 9.53 Å². The average Bonchev–Trinajstić information content (AvgIpc) is 2.86. The summed E-state index contributed by atoms with van der Waals surface area (Å²) in [5.74, 6) is 0.355. The summed E-state index contributed by atoms with van der Waals surface area (Å²) >= 11 is 0. The maximum absolute atomic E-state index is 11.5. The zero-order valence-corrected chi connectivity index (χ0v) is 8.67. The van der Waals surface area contributed by atoms with Gasteiger partial charge in [-0.2, -0.15) is 0 Å². The van der Waals surface area contributed by atoms with Crippen LogP contribution in [-0.4, -0.2) is 18.6 Å². The molecule has 0 aliphatic heterocycles. The van der Waals surface area contributed by atoms with Gasteiger partial charge in [0.25, 0.3) is 0 Å². The van der Waals surface area contributed by atoms with E-state index in [1.54, 1.807) is 0 Å². The standard InChI is InChI=1S/C10H19NO2/c1-4-13-9(12)10(2,3)8(11)7-5-6-7/h7-8H,4-6,11H2,1-3H3/t8-/m1/s1. The van der Waals surface area contributed by atoms with E-state index in [0.717, 1.165) is 12.8 Å². The van der Waals surface area contributed by atoms with Crippen LogP contribution >= 0.6 is 0 Å². The number of ether oxygens (including phenoxy) is 1. The molecule has 0 radical (unpaired) electrons. The molecule has 0 unspecified atom stereocenters. The molecule has 0 bridgehead atoms. The predicted molar refractivity (Wildman–Crippen MR) is 51.1 cm³/mol. The molecule has 3 nitrogen and oxygen atoms in total. The van der Waals surface area contributed by atoms with E-state index in [-0.39, 0.29) is 12.0 Å². The lowest BCUT2D eigenvalue weighted by Crippen LogP contribution is -2.45. The maximum atomic E-state index is 11.5. The van der Waals surface area contributed by atoms with E-state index in [1.807, 2.05) is 20.8 Å². The topological polar surface area (TPSA) is 52.3 Å². The van der Waals surface area contributed by atoms with Crippen molar-refractivity contribution in [3.8, 4) is 0 Å². The number of hydrogen-bond donors (Lipinski definition) is 1. The number of carbonyl (C=O) groups excluding carboxylic acids is 1. The summed E-state index contributed by atoms with van der Waals surface area (Å²) in [7, 11) is 0. The maximum Gasteiger partial charge on any atom is 0.313 e. The van der Waals surface area contributed by atoms with Crippen LogP contribution < -0.4 is 5.73 Å². The minimum Gasteiger partial charge on any atom is -0.466 e. The van der Waals surface area contributed by atoms with Crippen LogP contribution in [0.2, 0.25) is 0 Å². The van der Waals surface area contributed by atoms with Crippen molar-refractivity contribution in [3.05, 3.63) is 0 Å². The third-order valence-corrected chi connectivity index (χ3v) is 2.76. The molecule has 1 saturated carbocycles. The Hall–Kier alpha value is -0.570. The summed E-state index contributed by atoms with van der Waals surface area (Å²) in [4.78, 5) is 11.5. The van der Waals surface area contributed by atoms with Gasteiger partial charge in [0.15, 0.2) is 0 Å². The molecule has 1 rings (SSSR count). The third kappa shape index (κ3) is 2.21. The van der Waals surface area contributed by atoms with Gasteiger partial charge < -0.3 is 10.5 Å². The van der Waals surface area contributed by atoms with E-state index in [4.69, 9.17) is 10.5 Å². The molecule has 76 valence electrons. The fourth-order valence-electron chi connectivity index (χ4n) is 1.50. The molecular formula is C10H19NO2. The van der Waals surface area contributed by atoms with Crippen molar-refractivity contribution in [1.82, 2.24) is 0 Å². The summed E-state index contributed by atoms with van der Waals surface area (Å²) in [5, 5.41) is 0. The molecule has 0 aromatic heterocycles. The summed E-state index contributed by atoms with van der Waals surface area (Å²) in [5.41, 5.74) is 5.46. The largest absolute Gasteiger partial charge is 0.466 e. The summed E-state index contributed by atoms with van der Waals surface area (Å²) < 4.78 is 4.99. The van der Waals surface area contributed by atoms with Crippen molar-refractivity contribution in [1.29, 1.82) is 0 Å². The Morgan fingerprint density at radius 1 is 1.62 bits per heavy atom. The van der Waals surface area contributed by atoms with Gasteiger partial charge in [0.1, 0.15) is 0 Å². The Bertz CT molecular complexity index is 197. The monoisotopic (exact) mass is 185 g/mol. The molecule has 0 amide bonds. The van der Waals surface area contributed by atoms with E-state index >= 15 is 0 Å². The van der Waals surface area contributed by atoms with Gasteiger partial charge in [-0.05, 0) is 39.5 Å². The van der Waals surface area contributed by atoms with E-state index in [1.165, 1.54) is 0 Å². The van der Waals surface area contributed by atoms with Crippen LogP contribution in [0.3, 0.4) is 0 Å². The highest BCUT2D eigenvalue weighted by atomic mass is 16.5. The first kappa shape index (κ1) is 10.5. The average molecular weight is 185 g/mol. The molecule has 0 heterocycles. The van der Waals surface area contributed by atoms with E-state index in [9.17, 15) is 4.79 Å². The van der Waals surface area contributed by atoms with Gasteiger partial charge in [0.2, 0.25) is 0 Å². The quantitative estimate of drug-likeness (QED) is 0.672. The molecule has 1 aliphatic rings. The fourth-order valence-corrected chi connectivity index (χ4v) is 1.50. The molecule has 2 N–H and O–H groups in total. The van der Waals surface area contributed by atoms with Gasteiger partial charge in [-0.3, -0.25) is 4.79 Å². The van der Waals surface area contributed by atoms with Crippen LogP contribution in [0.4, 0.5) is 0 Å². The number of hydrogen-bond acceptors (Lipinski definition) is 3. The predicted octanol–water partition coefficient (Wildman–Crippen LogP) is 1.31.